The summed E-state index contributed by atoms with van der Waals surface area (Å²) in [6, 6.07) is 0.763. The molecule has 0 aromatic carbocycles. The summed E-state index contributed by atoms with van der Waals surface area (Å²) >= 11 is 0. The molecule has 3 heteroatoms. The lowest BCUT2D eigenvalue weighted by molar-refractivity contribution is -0.126. The SMILES string of the molecule is C[C@@H](N)C1CCCCCC(C(=O)NC2CCCCCCCC3CC32)CCC1. The van der Waals surface area contributed by atoms with E-state index in [9.17, 15) is 4.79 Å². The highest BCUT2D eigenvalue weighted by Gasteiger charge is 2.43. The molecule has 3 saturated carbocycles. The van der Waals surface area contributed by atoms with Crippen molar-refractivity contribution in [3.05, 3.63) is 0 Å². The van der Waals surface area contributed by atoms with Crippen LogP contribution in [0.1, 0.15) is 110 Å². The standard InChI is InChI=1S/C24H44N2O/c1-18(25)19-11-7-5-8-12-20(15-10-14-19)24(27)26-23-16-9-4-2-3-6-13-21-17-22(21)23/h18-23H,2-17,25H2,1H3,(H,26,27)/t18-,19?,20?,21?,22?,23?/m1/s1. The summed E-state index contributed by atoms with van der Waals surface area (Å²) in [7, 11) is 0. The van der Waals surface area contributed by atoms with Gasteiger partial charge in [0.05, 0.1) is 0 Å². The Bertz CT molecular complexity index is 450. The van der Waals surface area contributed by atoms with Crippen molar-refractivity contribution in [2.45, 2.75) is 122 Å². The molecule has 0 bridgehead atoms. The fraction of sp³-hybridized carbons (Fsp3) is 0.958. The van der Waals surface area contributed by atoms with Crippen molar-refractivity contribution < 1.29 is 4.79 Å². The lowest BCUT2D eigenvalue weighted by atomic mass is 9.84. The summed E-state index contributed by atoms with van der Waals surface area (Å²) in [5.41, 5.74) is 6.19. The van der Waals surface area contributed by atoms with Crippen molar-refractivity contribution in [1.82, 2.24) is 5.32 Å². The maximum absolute atomic E-state index is 13.1. The number of nitrogens with two attached hydrogens (primary N) is 1. The first kappa shape index (κ1) is 21.1. The molecule has 0 aromatic heterocycles. The summed E-state index contributed by atoms with van der Waals surface area (Å²) < 4.78 is 0. The summed E-state index contributed by atoms with van der Waals surface area (Å²) in [4.78, 5) is 13.1. The van der Waals surface area contributed by atoms with Gasteiger partial charge in [-0.25, -0.2) is 0 Å². The second kappa shape index (κ2) is 10.8. The summed E-state index contributed by atoms with van der Waals surface area (Å²) in [6.07, 6.45) is 20.4. The molecule has 3 N–H and O–H groups in total. The number of amides is 1. The van der Waals surface area contributed by atoms with E-state index < -0.39 is 0 Å². The minimum absolute atomic E-state index is 0.240. The number of hydrogen-bond acceptors (Lipinski definition) is 2. The molecule has 0 heterocycles. The predicted octanol–water partition coefficient (Wildman–Crippen LogP) is 5.57. The third-order valence-corrected chi connectivity index (χ3v) is 7.78. The third-order valence-electron chi connectivity index (χ3n) is 7.78. The largest absolute Gasteiger partial charge is 0.353 e. The van der Waals surface area contributed by atoms with Crippen molar-refractivity contribution in [1.29, 1.82) is 0 Å². The molecule has 0 aliphatic heterocycles. The Morgan fingerprint density at radius 3 is 2.22 bits per heavy atom. The molecule has 1 amide bonds. The number of carbonyl (C=O) groups excluding carboxylic acids is 1. The van der Waals surface area contributed by atoms with Crippen LogP contribution in [0.15, 0.2) is 0 Å². The normalized spacial score (nSPS) is 37.5. The average Bonchev–Trinajstić information content (AvgIpc) is 3.43. The molecular weight excluding hydrogens is 332 g/mol. The van der Waals surface area contributed by atoms with E-state index >= 15 is 0 Å². The van der Waals surface area contributed by atoms with E-state index in [0.717, 1.165) is 24.7 Å². The number of rotatable bonds is 3. The van der Waals surface area contributed by atoms with Gasteiger partial charge >= 0.3 is 0 Å². The van der Waals surface area contributed by atoms with Gasteiger partial charge in [-0.15, -0.1) is 0 Å². The van der Waals surface area contributed by atoms with Crippen LogP contribution in [0, 0.1) is 23.7 Å². The van der Waals surface area contributed by atoms with Crippen molar-refractivity contribution in [2.75, 3.05) is 0 Å². The van der Waals surface area contributed by atoms with Crippen molar-refractivity contribution in [2.24, 2.45) is 29.4 Å². The minimum atomic E-state index is 0.240. The fourth-order valence-electron chi connectivity index (χ4n) is 5.77. The second-order valence-corrected chi connectivity index (χ2v) is 10.0. The molecule has 0 spiro atoms. The van der Waals surface area contributed by atoms with Gasteiger partial charge < -0.3 is 11.1 Å². The van der Waals surface area contributed by atoms with Crippen LogP contribution >= 0.6 is 0 Å². The fourth-order valence-corrected chi connectivity index (χ4v) is 5.77. The number of fused-ring (bicyclic) bond motifs is 1. The van der Waals surface area contributed by atoms with E-state index in [2.05, 4.69) is 12.2 Å². The van der Waals surface area contributed by atoms with Crippen LogP contribution in [-0.4, -0.2) is 18.0 Å². The van der Waals surface area contributed by atoms with E-state index in [1.165, 1.54) is 89.9 Å². The molecule has 156 valence electrons. The Morgan fingerprint density at radius 1 is 0.815 bits per heavy atom. The molecule has 3 nitrogen and oxygen atoms in total. The number of carbonyl (C=O) groups is 1. The highest BCUT2D eigenvalue weighted by molar-refractivity contribution is 5.79. The molecule has 0 aromatic rings. The van der Waals surface area contributed by atoms with Crippen LogP contribution in [0.4, 0.5) is 0 Å². The minimum Gasteiger partial charge on any atom is -0.353 e. The molecule has 5 unspecified atom stereocenters. The van der Waals surface area contributed by atoms with E-state index in [4.69, 9.17) is 5.73 Å². The van der Waals surface area contributed by atoms with Gasteiger partial charge in [0, 0.05) is 18.0 Å². The zero-order valence-electron chi connectivity index (χ0n) is 17.8. The van der Waals surface area contributed by atoms with Crippen LogP contribution in [-0.2, 0) is 4.79 Å². The molecule has 3 rings (SSSR count). The van der Waals surface area contributed by atoms with Crippen LogP contribution in [0.25, 0.3) is 0 Å². The quantitative estimate of drug-likeness (QED) is 0.677. The first-order chi connectivity index (χ1) is 13.1. The first-order valence-corrected chi connectivity index (χ1v) is 12.2. The molecular formula is C24H44N2O. The first-order valence-electron chi connectivity index (χ1n) is 12.2. The number of hydrogen-bond donors (Lipinski definition) is 2. The summed E-state index contributed by atoms with van der Waals surface area (Å²) in [5.74, 6) is 2.96. The molecule has 0 radical (unpaired) electrons. The Labute approximate surface area is 167 Å². The highest BCUT2D eigenvalue weighted by atomic mass is 16.1. The van der Waals surface area contributed by atoms with E-state index in [0.29, 0.717) is 23.9 Å². The lowest BCUT2D eigenvalue weighted by Crippen LogP contribution is -2.41. The van der Waals surface area contributed by atoms with Crippen molar-refractivity contribution in [3.8, 4) is 0 Å². The van der Waals surface area contributed by atoms with Gasteiger partial charge in [0.15, 0.2) is 0 Å². The van der Waals surface area contributed by atoms with Gasteiger partial charge in [-0.3, -0.25) is 4.79 Å². The summed E-state index contributed by atoms with van der Waals surface area (Å²) in [5, 5.41) is 3.55. The summed E-state index contributed by atoms with van der Waals surface area (Å²) in [6.45, 7) is 2.16. The Hall–Kier alpha value is -0.570. The van der Waals surface area contributed by atoms with E-state index in [1.54, 1.807) is 0 Å². The second-order valence-electron chi connectivity index (χ2n) is 10.0. The van der Waals surface area contributed by atoms with Crippen LogP contribution in [0.5, 0.6) is 0 Å². The zero-order valence-corrected chi connectivity index (χ0v) is 17.8. The highest BCUT2D eigenvalue weighted by Crippen LogP contribution is 2.46. The van der Waals surface area contributed by atoms with Gasteiger partial charge in [-0.05, 0) is 63.2 Å². The molecule has 3 fully saturated rings. The van der Waals surface area contributed by atoms with Crippen LogP contribution in [0.3, 0.4) is 0 Å². The van der Waals surface area contributed by atoms with Gasteiger partial charge in [-0.2, -0.15) is 0 Å². The topological polar surface area (TPSA) is 55.1 Å². The monoisotopic (exact) mass is 376 g/mol. The van der Waals surface area contributed by atoms with E-state index in [1.807, 2.05) is 0 Å². The maximum Gasteiger partial charge on any atom is 0.223 e. The zero-order chi connectivity index (χ0) is 19.1. The van der Waals surface area contributed by atoms with Crippen LogP contribution in [0.2, 0.25) is 0 Å². The molecule has 0 saturated heterocycles. The number of nitrogens with one attached hydrogen (secondary N) is 1. The Balaban J connectivity index is 1.51. The van der Waals surface area contributed by atoms with Gasteiger partial charge in [0.2, 0.25) is 5.91 Å². The third kappa shape index (κ3) is 6.76. The molecule has 3 aliphatic carbocycles. The van der Waals surface area contributed by atoms with Crippen molar-refractivity contribution in [3.63, 3.8) is 0 Å². The average molecular weight is 377 g/mol. The molecule has 3 aliphatic rings. The molecule has 27 heavy (non-hydrogen) atoms. The van der Waals surface area contributed by atoms with Gasteiger partial charge in [0.25, 0.3) is 0 Å². The maximum atomic E-state index is 13.1. The van der Waals surface area contributed by atoms with Gasteiger partial charge in [-0.1, -0.05) is 64.2 Å². The smallest absolute Gasteiger partial charge is 0.223 e. The van der Waals surface area contributed by atoms with E-state index in [-0.39, 0.29) is 5.92 Å². The predicted molar refractivity (Wildman–Crippen MR) is 113 cm³/mol. The van der Waals surface area contributed by atoms with Gasteiger partial charge in [0.1, 0.15) is 0 Å². The van der Waals surface area contributed by atoms with Crippen molar-refractivity contribution >= 4 is 5.91 Å². The molecule has 6 atom stereocenters. The Kier molecular flexibility index (Phi) is 8.48. The lowest BCUT2D eigenvalue weighted by Gasteiger charge is -2.26. The Morgan fingerprint density at radius 2 is 1.41 bits per heavy atom. The van der Waals surface area contributed by atoms with Crippen LogP contribution < -0.4 is 11.1 Å².